The van der Waals surface area contributed by atoms with E-state index in [-0.39, 0.29) is 6.10 Å². The molecule has 0 aromatic rings. The van der Waals surface area contributed by atoms with Crippen LogP contribution < -0.4 is 10.6 Å². The number of hydrogen-bond donors (Lipinski definition) is 2. The van der Waals surface area contributed by atoms with Crippen molar-refractivity contribution in [2.45, 2.75) is 59.2 Å². The normalized spacial score (nSPS) is 19.7. The molecule has 142 valence electrons. The molecule has 1 heterocycles. The average molecular weight is 344 g/mol. The minimum atomic E-state index is 0.284. The minimum Gasteiger partial charge on any atom is -0.379 e. The van der Waals surface area contributed by atoms with Crippen LogP contribution in [0.3, 0.4) is 0 Å². The highest BCUT2D eigenvalue weighted by atomic mass is 16.5. The maximum Gasteiger partial charge on any atom is 0.191 e. The van der Waals surface area contributed by atoms with E-state index in [2.05, 4.69) is 36.4 Å². The molecule has 0 aliphatic carbocycles. The Bertz CT molecular complexity index is 331. The summed E-state index contributed by atoms with van der Waals surface area (Å²) in [5.41, 5.74) is 0. The van der Waals surface area contributed by atoms with Gasteiger partial charge in [-0.3, -0.25) is 4.99 Å². The monoisotopic (exact) mass is 343 g/mol. The summed E-state index contributed by atoms with van der Waals surface area (Å²) in [7, 11) is 0. The molecule has 2 atom stereocenters. The van der Waals surface area contributed by atoms with Gasteiger partial charge in [0.25, 0.3) is 0 Å². The zero-order valence-electron chi connectivity index (χ0n) is 16.0. The van der Waals surface area contributed by atoms with Crippen LogP contribution in [0.5, 0.6) is 0 Å². The maximum atomic E-state index is 5.78. The molecular formula is C18H37N3O3. The highest BCUT2D eigenvalue weighted by molar-refractivity contribution is 5.79. The number of nitrogens with one attached hydrogen (secondary N) is 2. The first kappa shape index (κ1) is 21.2. The number of rotatable bonds is 12. The molecular weight excluding hydrogens is 306 g/mol. The van der Waals surface area contributed by atoms with Gasteiger partial charge in [-0.2, -0.15) is 0 Å². The van der Waals surface area contributed by atoms with Gasteiger partial charge in [0, 0.05) is 39.5 Å². The Hall–Kier alpha value is -0.850. The molecule has 0 spiro atoms. The Morgan fingerprint density at radius 3 is 2.75 bits per heavy atom. The summed E-state index contributed by atoms with van der Waals surface area (Å²) in [5.74, 6) is 1.41. The molecule has 24 heavy (non-hydrogen) atoms. The Morgan fingerprint density at radius 2 is 2.12 bits per heavy atom. The lowest BCUT2D eigenvalue weighted by atomic mass is 10.0. The molecule has 6 nitrogen and oxygen atoms in total. The van der Waals surface area contributed by atoms with Crippen LogP contribution in [0.15, 0.2) is 4.99 Å². The lowest BCUT2D eigenvalue weighted by Gasteiger charge is -2.21. The van der Waals surface area contributed by atoms with Gasteiger partial charge >= 0.3 is 0 Å². The molecule has 0 amide bonds. The quantitative estimate of drug-likeness (QED) is 0.323. The fourth-order valence-electron chi connectivity index (χ4n) is 2.65. The van der Waals surface area contributed by atoms with E-state index in [4.69, 9.17) is 14.2 Å². The van der Waals surface area contributed by atoms with Crippen molar-refractivity contribution < 1.29 is 14.2 Å². The van der Waals surface area contributed by atoms with Gasteiger partial charge in [-0.05, 0) is 39.0 Å². The number of ether oxygens (including phenoxy) is 3. The summed E-state index contributed by atoms with van der Waals surface area (Å²) < 4.78 is 16.8. The highest BCUT2D eigenvalue weighted by Gasteiger charge is 2.15. The zero-order valence-corrected chi connectivity index (χ0v) is 16.0. The first-order valence-electron chi connectivity index (χ1n) is 9.50. The van der Waals surface area contributed by atoms with Crippen molar-refractivity contribution in [3.63, 3.8) is 0 Å². The molecule has 0 radical (unpaired) electrons. The molecule has 2 unspecified atom stereocenters. The second-order valence-electron chi connectivity index (χ2n) is 6.42. The third-order valence-corrected chi connectivity index (χ3v) is 4.00. The summed E-state index contributed by atoms with van der Waals surface area (Å²) in [6.45, 7) is 14.1. The third kappa shape index (κ3) is 9.45. The molecule has 1 aliphatic heterocycles. The van der Waals surface area contributed by atoms with Crippen molar-refractivity contribution >= 4 is 5.96 Å². The van der Waals surface area contributed by atoms with Crippen molar-refractivity contribution in [1.29, 1.82) is 0 Å². The lowest BCUT2D eigenvalue weighted by Crippen LogP contribution is -2.39. The van der Waals surface area contributed by atoms with Crippen LogP contribution >= 0.6 is 0 Å². The van der Waals surface area contributed by atoms with E-state index in [9.17, 15) is 0 Å². The van der Waals surface area contributed by atoms with Crippen molar-refractivity contribution in [1.82, 2.24) is 10.6 Å². The lowest BCUT2D eigenvalue weighted by molar-refractivity contribution is 0.0258. The van der Waals surface area contributed by atoms with Crippen LogP contribution in [0.4, 0.5) is 0 Å². The second kappa shape index (κ2) is 13.4. The van der Waals surface area contributed by atoms with Crippen molar-refractivity contribution in [3.05, 3.63) is 0 Å². The second-order valence-corrected chi connectivity index (χ2v) is 6.42. The van der Waals surface area contributed by atoms with Crippen molar-refractivity contribution in [2.75, 3.05) is 46.1 Å². The SMILES string of the molecule is CCNC(=NCCCOC1CCOC1)NCCC(OCC)C(C)C. The van der Waals surface area contributed by atoms with Gasteiger partial charge in [0.2, 0.25) is 0 Å². The van der Waals surface area contributed by atoms with Gasteiger partial charge in [-0.25, -0.2) is 0 Å². The Morgan fingerprint density at radius 1 is 1.29 bits per heavy atom. The van der Waals surface area contributed by atoms with Crippen LogP contribution in [-0.2, 0) is 14.2 Å². The molecule has 0 saturated carbocycles. The summed E-state index contributed by atoms with van der Waals surface area (Å²) in [6, 6.07) is 0. The zero-order chi connectivity index (χ0) is 17.6. The number of hydrogen-bond acceptors (Lipinski definition) is 4. The van der Waals surface area contributed by atoms with Gasteiger partial charge in [-0.1, -0.05) is 13.8 Å². The van der Waals surface area contributed by atoms with Gasteiger partial charge in [-0.15, -0.1) is 0 Å². The third-order valence-electron chi connectivity index (χ3n) is 4.00. The van der Waals surface area contributed by atoms with Gasteiger partial charge in [0.1, 0.15) is 0 Å². The Kier molecular flexibility index (Phi) is 11.9. The molecule has 0 aromatic carbocycles. The largest absolute Gasteiger partial charge is 0.379 e. The van der Waals surface area contributed by atoms with Crippen LogP contribution in [0.25, 0.3) is 0 Å². The number of guanidine groups is 1. The summed E-state index contributed by atoms with van der Waals surface area (Å²) >= 11 is 0. The first-order valence-corrected chi connectivity index (χ1v) is 9.50. The van der Waals surface area contributed by atoms with E-state index < -0.39 is 0 Å². The predicted octanol–water partition coefficient (Wildman–Crippen LogP) is 2.19. The van der Waals surface area contributed by atoms with Crippen molar-refractivity contribution in [3.8, 4) is 0 Å². The standard InChI is InChI=1S/C18H37N3O3/c1-5-19-18(21-11-8-17(15(3)4)23-6-2)20-10-7-12-24-16-9-13-22-14-16/h15-17H,5-14H2,1-4H3,(H2,19,20,21). The molecule has 0 aromatic heterocycles. The van der Waals surface area contributed by atoms with Crippen LogP contribution in [0.2, 0.25) is 0 Å². The first-order chi connectivity index (χ1) is 11.7. The topological polar surface area (TPSA) is 64.1 Å². The minimum absolute atomic E-state index is 0.284. The average Bonchev–Trinajstić information content (AvgIpc) is 3.06. The van der Waals surface area contributed by atoms with Crippen LogP contribution in [0.1, 0.15) is 47.0 Å². The van der Waals surface area contributed by atoms with Crippen molar-refractivity contribution in [2.24, 2.45) is 10.9 Å². The molecule has 6 heteroatoms. The summed E-state index contributed by atoms with van der Waals surface area (Å²) in [6.07, 6.45) is 3.52. The highest BCUT2D eigenvalue weighted by Crippen LogP contribution is 2.10. The fraction of sp³-hybridized carbons (Fsp3) is 0.944. The maximum absolute atomic E-state index is 5.78. The van der Waals surface area contributed by atoms with E-state index in [1.54, 1.807) is 0 Å². The molecule has 1 saturated heterocycles. The Balaban J connectivity index is 2.20. The molecule has 1 fully saturated rings. The predicted molar refractivity (Wildman–Crippen MR) is 98.6 cm³/mol. The molecule has 1 rings (SSSR count). The summed E-state index contributed by atoms with van der Waals surface area (Å²) in [4.78, 5) is 4.61. The number of aliphatic imine (C=N–C) groups is 1. The van der Waals surface area contributed by atoms with E-state index in [1.165, 1.54) is 0 Å². The Labute approximate surface area is 147 Å². The van der Waals surface area contributed by atoms with E-state index in [0.717, 1.165) is 71.3 Å². The molecule has 1 aliphatic rings. The van der Waals surface area contributed by atoms with E-state index in [1.807, 2.05) is 6.92 Å². The van der Waals surface area contributed by atoms with Gasteiger partial charge in [0.15, 0.2) is 5.96 Å². The fourth-order valence-corrected chi connectivity index (χ4v) is 2.65. The van der Waals surface area contributed by atoms with Gasteiger partial charge < -0.3 is 24.8 Å². The summed E-state index contributed by atoms with van der Waals surface area (Å²) in [5, 5.41) is 6.68. The van der Waals surface area contributed by atoms with Crippen LogP contribution in [0, 0.1) is 5.92 Å². The smallest absolute Gasteiger partial charge is 0.191 e. The molecule has 0 bridgehead atoms. The van der Waals surface area contributed by atoms with E-state index >= 15 is 0 Å². The van der Waals surface area contributed by atoms with E-state index in [0.29, 0.717) is 12.0 Å². The van der Waals surface area contributed by atoms with Gasteiger partial charge in [0.05, 0.1) is 18.8 Å². The number of nitrogens with zero attached hydrogens (tertiary/aromatic N) is 1. The van der Waals surface area contributed by atoms with Crippen LogP contribution in [-0.4, -0.2) is 64.2 Å². The molecule has 2 N–H and O–H groups in total.